The Balaban J connectivity index is 0.00000196. The van der Waals surface area contributed by atoms with Crippen LogP contribution in [0.1, 0.15) is 47.9 Å². The number of hydrogen-bond donors (Lipinski definition) is 1. The number of anilines is 1. The maximum atomic E-state index is 13.2. The van der Waals surface area contributed by atoms with Crippen LogP contribution in [0.15, 0.2) is 30.3 Å². The molecule has 2 aromatic rings. The molecule has 1 N–H and O–H groups in total. The second-order valence-electron chi connectivity index (χ2n) is 7.14. The van der Waals surface area contributed by atoms with Crippen LogP contribution in [-0.4, -0.2) is 40.5 Å². The number of aromatic nitrogens is 3. The van der Waals surface area contributed by atoms with Crippen LogP contribution in [0.5, 0.6) is 0 Å². The van der Waals surface area contributed by atoms with Crippen LogP contribution < -0.4 is 10.2 Å². The Labute approximate surface area is 160 Å². The number of nitrogens with one attached hydrogen (secondary N) is 1. The lowest BCUT2D eigenvalue weighted by molar-refractivity contribution is 0.0980. The molecular weight excluding hydrogens is 350 g/mol. The molecule has 2 fully saturated rings. The Hall–Kier alpha value is -1.92. The van der Waals surface area contributed by atoms with E-state index in [1.54, 1.807) is 0 Å². The van der Waals surface area contributed by atoms with Crippen LogP contribution in [0.3, 0.4) is 0 Å². The Morgan fingerprint density at radius 2 is 1.88 bits per heavy atom. The summed E-state index contributed by atoms with van der Waals surface area (Å²) in [5, 5.41) is 12.0. The van der Waals surface area contributed by atoms with Gasteiger partial charge in [-0.3, -0.25) is 4.79 Å². The van der Waals surface area contributed by atoms with Crippen molar-refractivity contribution >= 4 is 24.0 Å². The molecule has 4 rings (SSSR count). The fourth-order valence-corrected chi connectivity index (χ4v) is 3.54. The van der Waals surface area contributed by atoms with E-state index in [1.807, 2.05) is 46.8 Å². The van der Waals surface area contributed by atoms with Gasteiger partial charge in [0.15, 0.2) is 5.69 Å². The first-order chi connectivity index (χ1) is 12.2. The zero-order chi connectivity index (χ0) is 17.2. The Kier molecular flexibility index (Phi) is 5.94. The third kappa shape index (κ3) is 3.91. The van der Waals surface area contributed by atoms with Gasteiger partial charge >= 0.3 is 0 Å². The molecule has 0 atom stereocenters. The number of para-hydroxylation sites is 1. The van der Waals surface area contributed by atoms with Crippen molar-refractivity contribution in [1.82, 2.24) is 20.3 Å². The molecular formula is C19H26ClN5O. The van der Waals surface area contributed by atoms with Crippen molar-refractivity contribution in [2.24, 2.45) is 5.92 Å². The predicted molar refractivity (Wildman–Crippen MR) is 104 cm³/mol. The van der Waals surface area contributed by atoms with E-state index in [1.165, 1.54) is 12.8 Å². The Morgan fingerprint density at radius 3 is 2.54 bits per heavy atom. The summed E-state index contributed by atoms with van der Waals surface area (Å²) in [6.45, 7) is 4.72. The second kappa shape index (κ2) is 8.18. The molecule has 7 heteroatoms. The van der Waals surface area contributed by atoms with Gasteiger partial charge in [-0.15, -0.1) is 17.5 Å². The van der Waals surface area contributed by atoms with E-state index in [0.717, 1.165) is 43.9 Å². The molecule has 0 spiro atoms. The van der Waals surface area contributed by atoms with Gasteiger partial charge < -0.3 is 10.2 Å². The first-order valence-electron chi connectivity index (χ1n) is 9.23. The summed E-state index contributed by atoms with van der Waals surface area (Å²) in [5.74, 6) is 0.583. The van der Waals surface area contributed by atoms with Crippen LogP contribution in [0.2, 0.25) is 0 Å². The highest BCUT2D eigenvalue weighted by molar-refractivity contribution is 6.05. The van der Waals surface area contributed by atoms with Crippen molar-refractivity contribution < 1.29 is 4.79 Å². The smallest absolute Gasteiger partial charge is 0.280 e. The minimum Gasteiger partial charge on any atom is -0.317 e. The van der Waals surface area contributed by atoms with Gasteiger partial charge in [-0.05, 0) is 63.7 Å². The molecule has 1 aliphatic carbocycles. The molecule has 1 aliphatic heterocycles. The fourth-order valence-electron chi connectivity index (χ4n) is 3.54. The second-order valence-corrected chi connectivity index (χ2v) is 7.14. The first-order valence-corrected chi connectivity index (χ1v) is 9.23. The lowest BCUT2D eigenvalue weighted by Gasteiger charge is -2.24. The zero-order valence-electron chi connectivity index (χ0n) is 15.1. The number of amides is 1. The number of nitrogens with zero attached hydrogens (tertiary/aromatic N) is 4. The normalized spacial score (nSPS) is 17.6. The fraction of sp³-hybridized carbons (Fsp3) is 0.526. The quantitative estimate of drug-likeness (QED) is 0.872. The van der Waals surface area contributed by atoms with E-state index in [4.69, 9.17) is 0 Å². The molecule has 0 unspecified atom stereocenters. The van der Waals surface area contributed by atoms with Crippen molar-refractivity contribution in [3.63, 3.8) is 0 Å². The molecule has 0 bridgehead atoms. The van der Waals surface area contributed by atoms with Crippen molar-refractivity contribution in [1.29, 1.82) is 0 Å². The van der Waals surface area contributed by atoms with Crippen LogP contribution >= 0.6 is 12.4 Å². The average Bonchev–Trinajstić information content (AvgIpc) is 3.40. The highest BCUT2D eigenvalue weighted by atomic mass is 35.5. The van der Waals surface area contributed by atoms with Gasteiger partial charge in [-0.1, -0.05) is 23.4 Å². The molecule has 0 radical (unpaired) electrons. The lowest BCUT2D eigenvalue weighted by Crippen LogP contribution is -2.34. The summed E-state index contributed by atoms with van der Waals surface area (Å²) in [4.78, 5) is 15.1. The molecule has 6 nitrogen and oxygen atoms in total. The molecule has 26 heavy (non-hydrogen) atoms. The third-order valence-corrected chi connectivity index (χ3v) is 5.24. The zero-order valence-corrected chi connectivity index (χ0v) is 15.9. The minimum atomic E-state index is -0.0317. The van der Waals surface area contributed by atoms with Crippen LogP contribution in [0.25, 0.3) is 0 Å². The van der Waals surface area contributed by atoms with Crippen LogP contribution in [-0.2, 0) is 0 Å². The first kappa shape index (κ1) is 18.9. The molecule has 2 heterocycles. The Bertz CT molecular complexity index is 738. The Morgan fingerprint density at radius 1 is 1.19 bits per heavy atom. The van der Waals surface area contributed by atoms with Gasteiger partial charge in [0.1, 0.15) is 0 Å². The maximum Gasteiger partial charge on any atom is 0.280 e. The number of carbonyl (C=O) groups excluding carboxylic acids is 1. The van der Waals surface area contributed by atoms with Crippen LogP contribution in [0, 0.1) is 12.8 Å². The maximum absolute atomic E-state index is 13.2. The van der Waals surface area contributed by atoms with Crippen molar-refractivity contribution in [3.05, 3.63) is 41.7 Å². The molecule has 140 valence electrons. The number of rotatable bonds is 5. The summed E-state index contributed by atoms with van der Waals surface area (Å²) in [6.07, 6.45) is 4.47. The van der Waals surface area contributed by atoms with E-state index in [9.17, 15) is 4.79 Å². The van der Waals surface area contributed by atoms with Gasteiger partial charge in [0.2, 0.25) is 0 Å². The van der Waals surface area contributed by atoms with E-state index in [-0.39, 0.29) is 18.3 Å². The standard InChI is InChI=1S/C19H25N5O.ClH/c1-14-18(21-22-24(14)17-9-11-20-12-10-17)19(25)23(13-15-7-8-15)16-5-3-2-4-6-16;/h2-6,15,17,20H,7-13H2,1H3;1H. The predicted octanol–water partition coefficient (Wildman–Crippen LogP) is 2.99. The third-order valence-electron chi connectivity index (χ3n) is 5.24. The molecule has 1 saturated carbocycles. The molecule has 1 amide bonds. The van der Waals surface area contributed by atoms with E-state index in [2.05, 4.69) is 15.6 Å². The van der Waals surface area contributed by atoms with Crippen molar-refractivity contribution in [2.75, 3.05) is 24.5 Å². The lowest BCUT2D eigenvalue weighted by atomic mass is 10.1. The van der Waals surface area contributed by atoms with Gasteiger partial charge in [0.25, 0.3) is 5.91 Å². The van der Waals surface area contributed by atoms with Crippen molar-refractivity contribution in [2.45, 2.75) is 38.6 Å². The monoisotopic (exact) mass is 375 g/mol. The topological polar surface area (TPSA) is 63.1 Å². The summed E-state index contributed by atoms with van der Waals surface area (Å²) >= 11 is 0. The summed E-state index contributed by atoms with van der Waals surface area (Å²) in [7, 11) is 0. The van der Waals surface area contributed by atoms with E-state index >= 15 is 0 Å². The number of piperidine rings is 1. The minimum absolute atomic E-state index is 0. The van der Waals surface area contributed by atoms with Gasteiger partial charge in [0, 0.05) is 12.2 Å². The van der Waals surface area contributed by atoms with Crippen molar-refractivity contribution in [3.8, 4) is 0 Å². The number of halogens is 1. The summed E-state index contributed by atoms with van der Waals surface area (Å²) < 4.78 is 1.95. The van der Waals surface area contributed by atoms with E-state index < -0.39 is 0 Å². The van der Waals surface area contributed by atoms with Crippen LogP contribution in [0.4, 0.5) is 5.69 Å². The largest absolute Gasteiger partial charge is 0.317 e. The van der Waals surface area contributed by atoms with E-state index in [0.29, 0.717) is 17.7 Å². The van der Waals surface area contributed by atoms with Gasteiger partial charge in [0.05, 0.1) is 11.7 Å². The highest BCUT2D eigenvalue weighted by Gasteiger charge is 2.31. The molecule has 1 aromatic heterocycles. The number of carbonyl (C=O) groups is 1. The molecule has 1 aromatic carbocycles. The summed E-state index contributed by atoms with van der Waals surface area (Å²) in [6, 6.07) is 10.2. The SMILES string of the molecule is Cc1c(C(=O)N(CC2CC2)c2ccccc2)nnn1C1CCNCC1.Cl. The average molecular weight is 376 g/mol. The molecule has 2 aliphatic rings. The number of benzene rings is 1. The van der Waals surface area contributed by atoms with Gasteiger partial charge in [-0.2, -0.15) is 0 Å². The summed E-state index contributed by atoms with van der Waals surface area (Å²) in [5.41, 5.74) is 2.31. The highest BCUT2D eigenvalue weighted by Crippen LogP contribution is 2.32. The molecule has 1 saturated heterocycles. The number of hydrogen-bond acceptors (Lipinski definition) is 4. The van der Waals surface area contributed by atoms with Gasteiger partial charge in [-0.25, -0.2) is 4.68 Å².